The number of nitriles is 1. The average molecular weight is 222 g/mol. The lowest BCUT2D eigenvalue weighted by molar-refractivity contribution is -0.139. The molecule has 0 unspecified atom stereocenters. The van der Waals surface area contributed by atoms with Gasteiger partial charge in [-0.1, -0.05) is 6.07 Å². The summed E-state index contributed by atoms with van der Waals surface area (Å²) in [6.45, 7) is 1.79. The summed E-state index contributed by atoms with van der Waals surface area (Å²) in [5, 5.41) is 20.0. The summed E-state index contributed by atoms with van der Waals surface area (Å²) in [5.74, 6) is -1.53. The summed E-state index contributed by atoms with van der Waals surface area (Å²) < 4.78 is 13.0. The predicted molar refractivity (Wildman–Crippen MR) is 55.1 cm³/mol. The van der Waals surface area contributed by atoms with E-state index in [1.807, 2.05) is 0 Å². The van der Waals surface area contributed by atoms with Crippen molar-refractivity contribution in [3.63, 3.8) is 0 Å². The molecule has 4 nitrogen and oxygen atoms in total. The molecule has 0 aliphatic heterocycles. The summed E-state index contributed by atoms with van der Waals surface area (Å²) >= 11 is 0. The van der Waals surface area contributed by atoms with Gasteiger partial charge in [0, 0.05) is 6.54 Å². The molecule has 5 heteroatoms. The van der Waals surface area contributed by atoms with Gasteiger partial charge in [-0.3, -0.25) is 4.79 Å². The predicted octanol–water partition coefficient (Wildman–Crippen LogP) is 1.26. The molecule has 0 radical (unpaired) electrons. The van der Waals surface area contributed by atoms with E-state index in [9.17, 15) is 9.18 Å². The number of carbonyl (C=O) groups is 1. The van der Waals surface area contributed by atoms with Gasteiger partial charge in [0.15, 0.2) is 0 Å². The van der Waals surface area contributed by atoms with Crippen molar-refractivity contribution in [1.82, 2.24) is 5.32 Å². The van der Waals surface area contributed by atoms with Crippen LogP contribution in [0.15, 0.2) is 18.2 Å². The average Bonchev–Trinajstić information content (AvgIpc) is 2.27. The second kappa shape index (κ2) is 5.24. The van der Waals surface area contributed by atoms with Gasteiger partial charge in [0.1, 0.15) is 17.9 Å². The fourth-order valence-corrected chi connectivity index (χ4v) is 1.13. The van der Waals surface area contributed by atoms with Crippen LogP contribution in [0.25, 0.3) is 0 Å². The Labute approximate surface area is 92.3 Å². The summed E-state index contributed by atoms with van der Waals surface area (Å²) in [6.07, 6.45) is 0. The molecule has 0 amide bonds. The van der Waals surface area contributed by atoms with Crippen LogP contribution in [0.2, 0.25) is 0 Å². The molecule has 0 aromatic heterocycles. The highest BCUT2D eigenvalue weighted by Crippen LogP contribution is 2.09. The van der Waals surface area contributed by atoms with Crippen molar-refractivity contribution in [2.45, 2.75) is 19.5 Å². The van der Waals surface area contributed by atoms with Gasteiger partial charge in [-0.05, 0) is 24.6 Å². The molecule has 16 heavy (non-hydrogen) atoms. The largest absolute Gasteiger partial charge is 0.480 e. The number of carboxylic acids is 1. The van der Waals surface area contributed by atoms with Crippen molar-refractivity contribution in [2.75, 3.05) is 0 Å². The maximum absolute atomic E-state index is 13.0. The minimum atomic E-state index is -0.956. The number of halogens is 1. The van der Waals surface area contributed by atoms with Gasteiger partial charge in [0.05, 0.1) is 5.56 Å². The zero-order valence-corrected chi connectivity index (χ0v) is 8.70. The monoisotopic (exact) mass is 222 g/mol. The molecular formula is C11H11FN2O2. The van der Waals surface area contributed by atoms with Crippen LogP contribution in [0, 0.1) is 17.1 Å². The molecule has 0 aliphatic carbocycles. The first-order valence-electron chi connectivity index (χ1n) is 4.69. The van der Waals surface area contributed by atoms with Gasteiger partial charge >= 0.3 is 5.97 Å². The quantitative estimate of drug-likeness (QED) is 0.804. The topological polar surface area (TPSA) is 73.1 Å². The minimum absolute atomic E-state index is 0.0396. The van der Waals surface area contributed by atoms with Crippen molar-refractivity contribution >= 4 is 5.97 Å². The van der Waals surface area contributed by atoms with Crippen LogP contribution in [-0.4, -0.2) is 17.1 Å². The molecule has 1 aromatic carbocycles. The number of rotatable bonds is 4. The van der Waals surface area contributed by atoms with E-state index < -0.39 is 17.8 Å². The highest BCUT2D eigenvalue weighted by atomic mass is 19.1. The Bertz CT molecular complexity index is 440. The van der Waals surface area contributed by atoms with Crippen molar-refractivity contribution in [1.29, 1.82) is 5.26 Å². The first-order chi connectivity index (χ1) is 7.54. The maximum atomic E-state index is 13.0. The van der Waals surface area contributed by atoms with Gasteiger partial charge in [-0.25, -0.2) is 4.39 Å². The van der Waals surface area contributed by atoms with Crippen LogP contribution in [0.1, 0.15) is 18.1 Å². The lowest BCUT2D eigenvalue weighted by atomic mass is 10.1. The lowest BCUT2D eigenvalue weighted by Gasteiger charge is -2.09. The van der Waals surface area contributed by atoms with Crippen LogP contribution in [0.4, 0.5) is 4.39 Å². The Kier molecular flexibility index (Phi) is 3.97. The normalized spacial score (nSPS) is 11.8. The van der Waals surface area contributed by atoms with E-state index in [0.29, 0.717) is 5.56 Å². The van der Waals surface area contributed by atoms with Crippen molar-refractivity contribution in [3.05, 3.63) is 35.1 Å². The van der Waals surface area contributed by atoms with Gasteiger partial charge in [0.2, 0.25) is 0 Å². The highest BCUT2D eigenvalue weighted by Gasteiger charge is 2.10. The van der Waals surface area contributed by atoms with Gasteiger partial charge in [-0.2, -0.15) is 5.26 Å². The Morgan fingerprint density at radius 1 is 1.69 bits per heavy atom. The number of benzene rings is 1. The molecule has 2 N–H and O–H groups in total. The van der Waals surface area contributed by atoms with Crippen LogP contribution in [0.3, 0.4) is 0 Å². The second-order valence-electron chi connectivity index (χ2n) is 3.37. The molecule has 0 fully saturated rings. The molecule has 0 bridgehead atoms. The smallest absolute Gasteiger partial charge is 0.320 e. The Hall–Kier alpha value is -1.93. The summed E-state index contributed by atoms with van der Waals surface area (Å²) in [5.41, 5.74) is 0.633. The molecule has 84 valence electrons. The molecular weight excluding hydrogens is 211 g/mol. The van der Waals surface area contributed by atoms with E-state index in [4.69, 9.17) is 10.4 Å². The number of aliphatic carboxylic acids is 1. The summed E-state index contributed by atoms with van der Waals surface area (Å²) in [6, 6.07) is 5.15. The van der Waals surface area contributed by atoms with Crippen LogP contribution < -0.4 is 5.32 Å². The van der Waals surface area contributed by atoms with Crippen LogP contribution in [-0.2, 0) is 11.3 Å². The lowest BCUT2D eigenvalue weighted by Crippen LogP contribution is -2.33. The van der Waals surface area contributed by atoms with Gasteiger partial charge in [-0.15, -0.1) is 0 Å². The third-order valence-corrected chi connectivity index (χ3v) is 2.13. The third kappa shape index (κ3) is 3.04. The molecule has 0 saturated heterocycles. The highest BCUT2D eigenvalue weighted by molar-refractivity contribution is 5.72. The van der Waals surface area contributed by atoms with E-state index >= 15 is 0 Å². The second-order valence-corrected chi connectivity index (χ2v) is 3.37. The van der Waals surface area contributed by atoms with Crippen molar-refractivity contribution < 1.29 is 14.3 Å². The van der Waals surface area contributed by atoms with Crippen molar-refractivity contribution in [3.8, 4) is 6.07 Å². The Morgan fingerprint density at radius 2 is 2.38 bits per heavy atom. The molecule has 1 atom stereocenters. The molecule has 0 heterocycles. The number of nitrogens with zero attached hydrogens (tertiary/aromatic N) is 1. The summed E-state index contributed by atoms with van der Waals surface area (Å²) in [4.78, 5) is 10.5. The first kappa shape index (κ1) is 12.1. The minimum Gasteiger partial charge on any atom is -0.480 e. The van der Waals surface area contributed by atoms with E-state index in [1.165, 1.54) is 25.1 Å². The first-order valence-corrected chi connectivity index (χ1v) is 4.69. The summed E-state index contributed by atoms with van der Waals surface area (Å²) in [7, 11) is 0. The molecule has 1 aromatic rings. The van der Waals surface area contributed by atoms with Crippen LogP contribution >= 0.6 is 0 Å². The number of nitrogens with one attached hydrogen (secondary N) is 1. The number of hydrogen-bond acceptors (Lipinski definition) is 3. The molecule has 1 rings (SSSR count). The van der Waals surface area contributed by atoms with E-state index in [-0.39, 0.29) is 12.1 Å². The molecule has 0 spiro atoms. The fraction of sp³-hybridized carbons (Fsp3) is 0.273. The van der Waals surface area contributed by atoms with Crippen molar-refractivity contribution in [2.24, 2.45) is 0 Å². The van der Waals surface area contributed by atoms with Crippen LogP contribution in [0.5, 0.6) is 0 Å². The zero-order valence-electron chi connectivity index (χ0n) is 8.70. The third-order valence-electron chi connectivity index (χ3n) is 2.13. The van der Waals surface area contributed by atoms with Gasteiger partial charge < -0.3 is 10.4 Å². The Morgan fingerprint density at radius 3 is 2.94 bits per heavy atom. The van der Waals surface area contributed by atoms with E-state index in [2.05, 4.69) is 5.32 Å². The zero-order chi connectivity index (χ0) is 12.1. The Balaban J connectivity index is 2.69. The van der Waals surface area contributed by atoms with E-state index in [0.717, 1.165) is 0 Å². The number of hydrogen-bond donors (Lipinski definition) is 2. The SMILES string of the molecule is C[C@@H](NCc1ccc(F)c(C#N)c1)C(=O)O. The standard InChI is InChI=1S/C11H11FN2O2/c1-7(11(15)16)14-6-8-2-3-10(12)9(4-8)5-13/h2-4,7,14H,6H2,1H3,(H,15,16)/t7-/m1/s1. The molecule has 0 aliphatic rings. The van der Waals surface area contributed by atoms with Gasteiger partial charge in [0.25, 0.3) is 0 Å². The molecule has 0 saturated carbocycles. The maximum Gasteiger partial charge on any atom is 0.320 e. The number of carboxylic acid groups (broad SMARTS) is 1. The fourth-order valence-electron chi connectivity index (χ4n) is 1.13. The van der Waals surface area contributed by atoms with E-state index in [1.54, 1.807) is 6.07 Å².